The molecule has 0 aromatic rings. The summed E-state index contributed by atoms with van der Waals surface area (Å²) in [6.07, 6.45) is 0. The first kappa shape index (κ1) is 139. The van der Waals surface area contributed by atoms with Crippen molar-refractivity contribution in [2.75, 3.05) is 0 Å². The Morgan fingerprint density at radius 3 is 0.286 bits per heavy atom. The first-order valence-corrected chi connectivity index (χ1v) is 2.71. The molecular weight excluding hydrogens is 1250 g/mol. The minimum atomic E-state index is 0. The van der Waals surface area contributed by atoms with Crippen LogP contribution in [-0.2, 0) is 425 Å². The van der Waals surface area contributed by atoms with Crippen molar-refractivity contribution in [3.63, 3.8) is 0 Å². The molecule has 0 aliphatic rings. The molecule has 0 spiro atoms. The topological polar surface area (TPSA) is 0 Å². The predicted octanol–water partition coefficient (Wildman–Crippen LogP) is 3.76. The fourth-order valence-corrected chi connectivity index (χ4v) is 0. The maximum absolute atomic E-state index is 3.25. The van der Waals surface area contributed by atoms with Gasteiger partial charge in [-0.15, -0.1) is 0 Å². The summed E-state index contributed by atoms with van der Waals surface area (Å²) in [4.78, 5) is 0. The van der Waals surface area contributed by atoms with Crippen molar-refractivity contribution < 1.29 is 425 Å². The van der Waals surface area contributed by atoms with Crippen LogP contribution in [0.25, 0.3) is 0 Å². The third-order valence-electron chi connectivity index (χ3n) is 0. The summed E-state index contributed by atoms with van der Waals surface area (Å²) >= 11 is 0. The van der Waals surface area contributed by atoms with E-state index < -0.39 is 0 Å². The molecule has 0 saturated heterocycles. The first-order valence-electron chi connectivity index (χ1n) is 2.71. The Kier molecular flexibility index (Phi) is 1220. The van der Waals surface area contributed by atoms with Crippen LogP contribution in [0.5, 0.6) is 0 Å². The molecule has 13 heteroatoms. The van der Waals surface area contributed by atoms with Gasteiger partial charge in [0.25, 0.3) is 0 Å². The minimum Gasteiger partial charge on any atom is -0.358 e. The average molecular weight is 1280 g/mol. The van der Waals surface area contributed by atoms with Crippen LogP contribution in [0.1, 0.15) is 34.6 Å². The summed E-state index contributed by atoms with van der Waals surface area (Å²) in [6.45, 7) is 13.0. The molecule has 13 radical (unpaired) electrons. The fourth-order valence-electron chi connectivity index (χ4n) is 0. The molecule has 97 valence electrons. The third-order valence-corrected chi connectivity index (χ3v) is 0. The van der Waals surface area contributed by atoms with Gasteiger partial charge in [0.1, 0.15) is 0 Å². The standard InChI is InChI=1S/2C2H6.C2H5.2CH3.13Y/c3*1-2;;;;;;;;;;;;;;;/h2*1-2H3;1H2,2H3;2*1H3;;;;;;;;;;;;;/q;;3*-1;;;;;;;;;;;;;. The summed E-state index contributed by atoms with van der Waals surface area (Å²) < 4.78 is 0. The van der Waals surface area contributed by atoms with Crippen molar-refractivity contribution in [3.05, 3.63) is 21.8 Å². The van der Waals surface area contributed by atoms with Crippen molar-refractivity contribution >= 4 is 0 Å². The smallest absolute Gasteiger partial charge is 0 e. The Labute approximate surface area is 465 Å². The summed E-state index contributed by atoms with van der Waals surface area (Å²) in [6, 6.07) is 0. The molecule has 0 N–H and O–H groups in total. The Morgan fingerprint density at radius 1 is 0.286 bits per heavy atom. The van der Waals surface area contributed by atoms with Gasteiger partial charge in [0.2, 0.25) is 0 Å². The van der Waals surface area contributed by atoms with Crippen LogP contribution in [0.2, 0.25) is 0 Å². The van der Waals surface area contributed by atoms with Crippen molar-refractivity contribution in [1.82, 2.24) is 0 Å². The maximum Gasteiger partial charge on any atom is 0 e. The van der Waals surface area contributed by atoms with Crippen LogP contribution in [0.15, 0.2) is 0 Å². The molecule has 0 rings (SSSR count). The Balaban J connectivity index is -0.000000000296. The molecule has 0 bridgehead atoms. The second-order valence-corrected chi connectivity index (χ2v) is 0. The van der Waals surface area contributed by atoms with E-state index in [4.69, 9.17) is 0 Å². The van der Waals surface area contributed by atoms with E-state index in [1.807, 2.05) is 27.7 Å². The molecule has 0 aliphatic heterocycles. The molecule has 0 heterocycles. The Morgan fingerprint density at radius 2 is 0.286 bits per heavy atom. The number of hydrogen-bond acceptors (Lipinski definition) is 0. The Bertz CT molecular complexity index is 20.1. The van der Waals surface area contributed by atoms with Gasteiger partial charge in [0, 0.05) is 425 Å². The molecular formula is C8H23Y13-3. The molecule has 0 aromatic heterocycles. The third kappa shape index (κ3) is 175. The van der Waals surface area contributed by atoms with Gasteiger partial charge in [-0.1, -0.05) is 27.7 Å². The normalized spacial score (nSPS) is 0.857. The predicted molar refractivity (Wildman–Crippen MR) is 46.6 cm³/mol. The van der Waals surface area contributed by atoms with E-state index in [1.54, 1.807) is 6.92 Å². The number of hydrogen-bond donors (Lipinski definition) is 0. The van der Waals surface area contributed by atoms with Crippen LogP contribution >= 0.6 is 0 Å². The zero-order chi connectivity index (χ0) is 6.00. The molecule has 0 amide bonds. The van der Waals surface area contributed by atoms with Gasteiger partial charge in [0.05, 0.1) is 0 Å². The van der Waals surface area contributed by atoms with E-state index in [1.165, 1.54) is 0 Å². The van der Waals surface area contributed by atoms with Gasteiger partial charge in [-0.2, -0.15) is 6.92 Å². The van der Waals surface area contributed by atoms with E-state index in [0.29, 0.717) is 0 Å². The van der Waals surface area contributed by atoms with E-state index >= 15 is 0 Å². The van der Waals surface area contributed by atoms with E-state index in [-0.39, 0.29) is 440 Å². The summed E-state index contributed by atoms with van der Waals surface area (Å²) in [7, 11) is 0. The van der Waals surface area contributed by atoms with Gasteiger partial charge < -0.3 is 21.8 Å². The second kappa shape index (κ2) is 186. The van der Waals surface area contributed by atoms with E-state index in [0.717, 1.165) is 0 Å². The van der Waals surface area contributed by atoms with Crippen molar-refractivity contribution in [1.29, 1.82) is 0 Å². The summed E-state index contributed by atoms with van der Waals surface area (Å²) in [5.74, 6) is 0. The SMILES string of the molecule is CC.CC.[CH2-]C.[CH3-].[CH3-].[Y].[Y].[Y].[Y].[Y].[Y].[Y].[Y].[Y].[Y].[Y].[Y].[Y]. The molecule has 0 atom stereocenters. The van der Waals surface area contributed by atoms with Crippen molar-refractivity contribution in [3.8, 4) is 0 Å². The molecule has 0 unspecified atom stereocenters. The summed E-state index contributed by atoms with van der Waals surface area (Å²) in [5.41, 5.74) is 0. The fraction of sp³-hybridized carbons (Fsp3) is 0.625. The van der Waals surface area contributed by atoms with E-state index in [2.05, 4.69) is 6.92 Å². The molecule has 0 nitrogen and oxygen atoms in total. The molecule has 21 heavy (non-hydrogen) atoms. The average Bonchev–Trinajstić information content (AvgIpc) is 1.81. The monoisotopic (exact) mass is 1270 g/mol. The quantitative estimate of drug-likeness (QED) is 0.325. The van der Waals surface area contributed by atoms with Crippen LogP contribution in [0, 0.1) is 21.8 Å². The van der Waals surface area contributed by atoms with Gasteiger partial charge in [-0.25, -0.2) is 0 Å². The molecule has 0 aromatic carbocycles. The number of rotatable bonds is 0. The first-order chi connectivity index (χ1) is 3.00. The minimum absolute atomic E-state index is 0. The second-order valence-electron chi connectivity index (χ2n) is 0. The van der Waals surface area contributed by atoms with Crippen LogP contribution < -0.4 is 0 Å². The molecule has 0 fully saturated rings. The zero-order valence-corrected chi connectivity index (χ0v) is 52.1. The van der Waals surface area contributed by atoms with Gasteiger partial charge >= 0.3 is 0 Å². The Hall–Kier alpha value is 14.4. The van der Waals surface area contributed by atoms with Gasteiger partial charge in [-0.05, 0) is 0 Å². The maximum atomic E-state index is 3.25. The summed E-state index contributed by atoms with van der Waals surface area (Å²) in [5, 5.41) is 0. The largest absolute Gasteiger partial charge is 0.358 e. The van der Waals surface area contributed by atoms with Crippen LogP contribution in [-0.4, -0.2) is 0 Å². The van der Waals surface area contributed by atoms with Crippen molar-refractivity contribution in [2.24, 2.45) is 0 Å². The van der Waals surface area contributed by atoms with Crippen LogP contribution in [0.4, 0.5) is 0 Å². The van der Waals surface area contributed by atoms with Crippen molar-refractivity contribution in [2.45, 2.75) is 34.6 Å². The van der Waals surface area contributed by atoms with Gasteiger partial charge in [0.15, 0.2) is 0 Å². The van der Waals surface area contributed by atoms with Gasteiger partial charge in [-0.3, -0.25) is 0 Å². The van der Waals surface area contributed by atoms with E-state index in [9.17, 15) is 0 Å². The molecule has 0 aliphatic carbocycles. The zero-order valence-electron chi connectivity index (χ0n) is 15.2. The van der Waals surface area contributed by atoms with Crippen LogP contribution in [0.3, 0.4) is 0 Å². The molecule has 0 saturated carbocycles.